The molecule has 0 spiro atoms. The van der Waals surface area contributed by atoms with Gasteiger partial charge in [-0.1, -0.05) is 24.3 Å². The molecule has 0 saturated heterocycles. The van der Waals surface area contributed by atoms with Crippen molar-refractivity contribution in [1.29, 1.82) is 0 Å². The summed E-state index contributed by atoms with van der Waals surface area (Å²) in [6.07, 6.45) is 0.897. The van der Waals surface area contributed by atoms with E-state index >= 15 is 0 Å². The van der Waals surface area contributed by atoms with Gasteiger partial charge in [0.05, 0.1) is 11.0 Å². The second-order valence-electron chi connectivity index (χ2n) is 4.74. The molecule has 0 saturated carbocycles. The number of halogens is 1. The van der Waals surface area contributed by atoms with Crippen LogP contribution in [-0.4, -0.2) is 15.4 Å². The van der Waals surface area contributed by atoms with Crippen LogP contribution in [0.3, 0.4) is 0 Å². The first-order valence-electron chi connectivity index (χ1n) is 6.61. The first-order chi connectivity index (χ1) is 9.78. The van der Waals surface area contributed by atoms with Crippen LogP contribution in [0.5, 0.6) is 0 Å². The maximum absolute atomic E-state index is 5.74. The van der Waals surface area contributed by atoms with Crippen molar-refractivity contribution in [2.24, 2.45) is 7.05 Å². The second kappa shape index (κ2) is 5.55. The Morgan fingerprint density at radius 2 is 1.85 bits per heavy atom. The molecule has 2 aromatic carbocycles. The van der Waals surface area contributed by atoms with Gasteiger partial charge in [0.25, 0.3) is 0 Å². The summed E-state index contributed by atoms with van der Waals surface area (Å²) < 4.78 is 2.06. The first-order valence-corrected chi connectivity index (χ1v) is 7.15. The third-order valence-corrected chi connectivity index (χ3v) is 3.57. The fourth-order valence-electron chi connectivity index (χ4n) is 2.25. The van der Waals surface area contributed by atoms with Crippen molar-refractivity contribution in [2.75, 3.05) is 11.2 Å². The van der Waals surface area contributed by atoms with Crippen molar-refractivity contribution >= 4 is 34.3 Å². The van der Waals surface area contributed by atoms with Crippen LogP contribution in [0.2, 0.25) is 0 Å². The predicted molar refractivity (Wildman–Crippen MR) is 84.9 cm³/mol. The predicted octanol–water partition coefficient (Wildman–Crippen LogP) is 4.10. The number of benzene rings is 2. The molecule has 0 bridgehead atoms. The molecular formula is C16H16ClN3. The number of hydrogen-bond acceptors (Lipinski definition) is 2. The lowest BCUT2D eigenvalue weighted by atomic mass is 10.1. The fourth-order valence-corrected chi connectivity index (χ4v) is 2.47. The minimum atomic E-state index is 0.650. The van der Waals surface area contributed by atoms with Crippen LogP contribution in [0, 0.1) is 0 Å². The Morgan fingerprint density at radius 3 is 2.55 bits per heavy atom. The van der Waals surface area contributed by atoms with Gasteiger partial charge in [-0.15, -0.1) is 11.6 Å². The van der Waals surface area contributed by atoms with Gasteiger partial charge in [0.1, 0.15) is 0 Å². The van der Waals surface area contributed by atoms with Crippen molar-refractivity contribution in [2.45, 2.75) is 6.42 Å². The van der Waals surface area contributed by atoms with Gasteiger partial charge in [0.2, 0.25) is 5.95 Å². The van der Waals surface area contributed by atoms with Gasteiger partial charge < -0.3 is 9.88 Å². The van der Waals surface area contributed by atoms with E-state index in [1.54, 1.807) is 0 Å². The van der Waals surface area contributed by atoms with Crippen molar-refractivity contribution in [3.63, 3.8) is 0 Å². The fraction of sp³-hybridized carbons (Fsp3) is 0.188. The van der Waals surface area contributed by atoms with Crippen LogP contribution in [-0.2, 0) is 13.5 Å². The Balaban J connectivity index is 1.87. The molecule has 0 atom stereocenters. The van der Waals surface area contributed by atoms with E-state index in [4.69, 9.17) is 11.6 Å². The molecule has 3 nitrogen and oxygen atoms in total. The van der Waals surface area contributed by atoms with E-state index in [0.717, 1.165) is 29.1 Å². The molecule has 1 N–H and O–H groups in total. The lowest BCUT2D eigenvalue weighted by Gasteiger charge is -2.07. The molecule has 1 aromatic heterocycles. The number of aryl methyl sites for hydroxylation is 2. The molecule has 3 aromatic rings. The summed E-state index contributed by atoms with van der Waals surface area (Å²) in [5.74, 6) is 1.49. The monoisotopic (exact) mass is 285 g/mol. The van der Waals surface area contributed by atoms with Crippen LogP contribution < -0.4 is 5.32 Å². The zero-order valence-electron chi connectivity index (χ0n) is 11.3. The maximum atomic E-state index is 5.74. The number of aromatic nitrogens is 2. The molecule has 0 radical (unpaired) electrons. The molecule has 20 heavy (non-hydrogen) atoms. The third-order valence-electron chi connectivity index (χ3n) is 3.38. The number of nitrogens with one attached hydrogen (secondary N) is 1. The maximum Gasteiger partial charge on any atom is 0.208 e. The molecule has 0 aliphatic rings. The topological polar surface area (TPSA) is 29.9 Å². The summed E-state index contributed by atoms with van der Waals surface area (Å²) >= 11 is 5.74. The van der Waals surface area contributed by atoms with Gasteiger partial charge in [0, 0.05) is 18.6 Å². The lowest BCUT2D eigenvalue weighted by molar-refractivity contribution is 0.958. The number of rotatable bonds is 4. The van der Waals surface area contributed by atoms with E-state index < -0.39 is 0 Å². The number of para-hydroxylation sites is 2. The van der Waals surface area contributed by atoms with E-state index in [0.29, 0.717) is 5.88 Å². The highest BCUT2D eigenvalue weighted by Gasteiger charge is 2.06. The molecule has 0 aliphatic heterocycles. The Bertz CT molecular complexity index is 716. The molecule has 0 amide bonds. The average molecular weight is 286 g/mol. The van der Waals surface area contributed by atoms with E-state index in [1.165, 1.54) is 5.56 Å². The number of alkyl halides is 1. The number of nitrogens with zero attached hydrogens (tertiary/aromatic N) is 2. The number of fused-ring (bicyclic) bond motifs is 1. The second-order valence-corrected chi connectivity index (χ2v) is 5.12. The minimum Gasteiger partial charge on any atom is -0.326 e. The van der Waals surface area contributed by atoms with E-state index in [-0.39, 0.29) is 0 Å². The van der Waals surface area contributed by atoms with Gasteiger partial charge >= 0.3 is 0 Å². The lowest BCUT2D eigenvalue weighted by Crippen LogP contribution is -1.99. The van der Waals surface area contributed by atoms with Crippen LogP contribution in [0.4, 0.5) is 11.6 Å². The Hall–Kier alpha value is -2.00. The third kappa shape index (κ3) is 2.49. The first kappa shape index (κ1) is 13.0. The molecule has 1 heterocycles. The van der Waals surface area contributed by atoms with Gasteiger partial charge in [-0.3, -0.25) is 0 Å². The Kier molecular flexibility index (Phi) is 3.61. The zero-order valence-corrected chi connectivity index (χ0v) is 12.1. The smallest absolute Gasteiger partial charge is 0.208 e. The summed E-state index contributed by atoms with van der Waals surface area (Å²) in [4.78, 5) is 4.60. The van der Waals surface area contributed by atoms with Crippen LogP contribution >= 0.6 is 11.6 Å². The molecule has 0 unspecified atom stereocenters. The van der Waals surface area contributed by atoms with Gasteiger partial charge in [-0.2, -0.15) is 0 Å². The van der Waals surface area contributed by atoms with Crippen LogP contribution in [0.1, 0.15) is 5.56 Å². The molecule has 4 heteroatoms. The SMILES string of the molecule is Cn1c(Nc2ccc(CCCl)cc2)nc2ccccc21. The minimum absolute atomic E-state index is 0.650. The Morgan fingerprint density at radius 1 is 1.10 bits per heavy atom. The highest BCUT2D eigenvalue weighted by atomic mass is 35.5. The molecule has 0 aliphatic carbocycles. The summed E-state index contributed by atoms with van der Waals surface area (Å²) in [5.41, 5.74) is 4.39. The van der Waals surface area contributed by atoms with E-state index in [1.807, 2.05) is 25.2 Å². The molecule has 102 valence electrons. The standard InChI is InChI=1S/C16H16ClN3/c1-20-15-5-3-2-4-14(15)19-16(20)18-13-8-6-12(7-9-13)10-11-17/h2-9H,10-11H2,1H3,(H,18,19). The highest BCUT2D eigenvalue weighted by molar-refractivity contribution is 6.17. The van der Waals surface area contributed by atoms with Crippen LogP contribution in [0.25, 0.3) is 11.0 Å². The normalized spacial score (nSPS) is 10.9. The number of imidazole rings is 1. The van der Waals surface area contributed by atoms with Gasteiger partial charge in [-0.25, -0.2) is 4.98 Å². The molecular weight excluding hydrogens is 270 g/mol. The van der Waals surface area contributed by atoms with Crippen molar-refractivity contribution in [1.82, 2.24) is 9.55 Å². The van der Waals surface area contributed by atoms with Crippen molar-refractivity contribution in [3.05, 3.63) is 54.1 Å². The van der Waals surface area contributed by atoms with E-state index in [9.17, 15) is 0 Å². The molecule has 0 fully saturated rings. The van der Waals surface area contributed by atoms with Crippen molar-refractivity contribution in [3.8, 4) is 0 Å². The average Bonchev–Trinajstić information content (AvgIpc) is 2.79. The van der Waals surface area contributed by atoms with Crippen LogP contribution in [0.15, 0.2) is 48.5 Å². The highest BCUT2D eigenvalue weighted by Crippen LogP contribution is 2.21. The van der Waals surface area contributed by atoms with Gasteiger partial charge in [-0.05, 0) is 36.2 Å². The summed E-state index contributed by atoms with van der Waals surface area (Å²) in [6, 6.07) is 16.4. The van der Waals surface area contributed by atoms with E-state index in [2.05, 4.69) is 45.2 Å². The molecule has 3 rings (SSSR count). The summed E-state index contributed by atoms with van der Waals surface area (Å²) in [7, 11) is 2.01. The largest absolute Gasteiger partial charge is 0.326 e. The summed E-state index contributed by atoms with van der Waals surface area (Å²) in [6.45, 7) is 0. The zero-order chi connectivity index (χ0) is 13.9. The number of hydrogen-bond donors (Lipinski definition) is 1. The quantitative estimate of drug-likeness (QED) is 0.732. The number of anilines is 2. The summed E-state index contributed by atoms with van der Waals surface area (Å²) in [5, 5.41) is 3.35. The van der Waals surface area contributed by atoms with Crippen molar-refractivity contribution < 1.29 is 0 Å². The van der Waals surface area contributed by atoms with Gasteiger partial charge in [0.15, 0.2) is 0 Å². The Labute approximate surface area is 123 Å².